The Morgan fingerprint density at radius 2 is 1.81 bits per heavy atom. The van der Waals surface area contributed by atoms with Crippen molar-refractivity contribution in [2.45, 2.75) is 38.7 Å². The Hall–Kier alpha value is -1.38. The molecule has 0 bridgehead atoms. The molecule has 1 nitrogen and oxygen atoms in total. The number of halogens is 2. The molecule has 0 radical (unpaired) electrons. The van der Waals surface area contributed by atoms with Crippen molar-refractivity contribution in [3.63, 3.8) is 0 Å². The molecule has 1 N–H and O–H groups in total. The van der Waals surface area contributed by atoms with Crippen LogP contribution in [0.2, 0.25) is 5.02 Å². The SMILES string of the molecule is CC(C)(C)c1ccccc1C(O)Cc1ccc(F)c(Cl)c1. The molecule has 1 atom stereocenters. The Bertz CT molecular complexity index is 631. The second kappa shape index (κ2) is 6.17. The molecule has 0 fully saturated rings. The van der Waals surface area contributed by atoms with Gasteiger partial charge in [0.05, 0.1) is 11.1 Å². The quantitative estimate of drug-likeness (QED) is 0.841. The lowest BCUT2D eigenvalue weighted by Crippen LogP contribution is -2.17. The van der Waals surface area contributed by atoms with Crippen molar-refractivity contribution < 1.29 is 9.50 Å². The molecule has 0 aliphatic rings. The van der Waals surface area contributed by atoms with Gasteiger partial charge >= 0.3 is 0 Å². The van der Waals surface area contributed by atoms with E-state index in [4.69, 9.17) is 11.6 Å². The summed E-state index contributed by atoms with van der Waals surface area (Å²) >= 11 is 5.79. The van der Waals surface area contributed by atoms with E-state index in [9.17, 15) is 9.50 Å². The van der Waals surface area contributed by atoms with E-state index in [-0.39, 0.29) is 10.4 Å². The largest absolute Gasteiger partial charge is 0.388 e. The van der Waals surface area contributed by atoms with Gasteiger partial charge in [0.2, 0.25) is 0 Å². The second-order valence-corrected chi connectivity index (χ2v) is 6.71. The predicted molar refractivity (Wildman–Crippen MR) is 85.2 cm³/mol. The smallest absolute Gasteiger partial charge is 0.141 e. The number of aliphatic hydroxyl groups is 1. The first kappa shape index (κ1) is 16.0. The molecule has 0 aliphatic carbocycles. The highest BCUT2D eigenvalue weighted by Gasteiger charge is 2.21. The summed E-state index contributed by atoms with van der Waals surface area (Å²) in [5.74, 6) is -0.440. The van der Waals surface area contributed by atoms with Crippen LogP contribution in [0.1, 0.15) is 43.6 Å². The maximum absolute atomic E-state index is 13.2. The molecular weight excluding hydrogens is 287 g/mol. The summed E-state index contributed by atoms with van der Waals surface area (Å²) in [5.41, 5.74) is 2.80. The minimum atomic E-state index is -0.637. The predicted octanol–water partition coefficient (Wildman–Crippen LogP) is 5.05. The van der Waals surface area contributed by atoms with Gasteiger partial charge in [-0.1, -0.05) is 62.7 Å². The van der Waals surface area contributed by atoms with Crippen molar-refractivity contribution in [3.05, 3.63) is 70.0 Å². The maximum atomic E-state index is 13.2. The van der Waals surface area contributed by atoms with Gasteiger partial charge in [0.15, 0.2) is 0 Å². The zero-order valence-corrected chi connectivity index (χ0v) is 13.3. The maximum Gasteiger partial charge on any atom is 0.141 e. The van der Waals surface area contributed by atoms with E-state index in [0.29, 0.717) is 6.42 Å². The molecule has 2 aromatic carbocycles. The van der Waals surface area contributed by atoms with E-state index < -0.39 is 11.9 Å². The molecule has 112 valence electrons. The van der Waals surface area contributed by atoms with E-state index in [1.165, 1.54) is 6.07 Å². The van der Waals surface area contributed by atoms with Crippen LogP contribution in [0.25, 0.3) is 0 Å². The summed E-state index contributed by atoms with van der Waals surface area (Å²) in [6, 6.07) is 12.4. The van der Waals surface area contributed by atoms with Crippen molar-refractivity contribution in [2.75, 3.05) is 0 Å². The average Bonchev–Trinajstić information content (AvgIpc) is 2.42. The van der Waals surface area contributed by atoms with Crippen LogP contribution in [0.3, 0.4) is 0 Å². The molecule has 3 heteroatoms. The van der Waals surface area contributed by atoms with Crippen LogP contribution >= 0.6 is 11.6 Å². The van der Waals surface area contributed by atoms with Gasteiger partial charge in [-0.05, 0) is 34.2 Å². The molecule has 0 saturated carbocycles. The molecular formula is C18H20ClFO. The van der Waals surface area contributed by atoms with Gasteiger partial charge in [-0.25, -0.2) is 4.39 Å². The van der Waals surface area contributed by atoms with Crippen LogP contribution in [0.4, 0.5) is 4.39 Å². The Morgan fingerprint density at radius 1 is 1.14 bits per heavy atom. The summed E-state index contributed by atoms with van der Waals surface area (Å²) in [7, 11) is 0. The van der Waals surface area contributed by atoms with Crippen LogP contribution < -0.4 is 0 Å². The lowest BCUT2D eigenvalue weighted by Gasteiger charge is -2.25. The fourth-order valence-corrected chi connectivity index (χ4v) is 2.67. The van der Waals surface area contributed by atoms with Crippen LogP contribution in [0, 0.1) is 5.82 Å². The minimum Gasteiger partial charge on any atom is -0.388 e. The summed E-state index contributed by atoms with van der Waals surface area (Å²) in [5, 5.41) is 10.6. The summed E-state index contributed by atoms with van der Waals surface area (Å²) in [6.07, 6.45) is -0.227. The first-order valence-corrected chi connectivity index (χ1v) is 7.38. The van der Waals surface area contributed by atoms with E-state index in [1.54, 1.807) is 12.1 Å². The van der Waals surface area contributed by atoms with Crippen molar-refractivity contribution >= 4 is 11.6 Å². The van der Waals surface area contributed by atoms with Gasteiger partial charge in [-0.3, -0.25) is 0 Å². The molecule has 1 unspecified atom stereocenters. The van der Waals surface area contributed by atoms with Gasteiger partial charge < -0.3 is 5.11 Å². The molecule has 0 heterocycles. The third kappa shape index (κ3) is 3.84. The molecule has 2 aromatic rings. The topological polar surface area (TPSA) is 20.2 Å². The summed E-state index contributed by atoms with van der Waals surface area (Å²) < 4.78 is 13.2. The molecule has 0 aliphatic heterocycles. The van der Waals surface area contributed by atoms with E-state index in [2.05, 4.69) is 20.8 Å². The third-order valence-electron chi connectivity index (χ3n) is 3.54. The van der Waals surface area contributed by atoms with Gasteiger partial charge in [0.25, 0.3) is 0 Å². The Kier molecular flexibility index (Phi) is 4.70. The van der Waals surface area contributed by atoms with Gasteiger partial charge in [0, 0.05) is 6.42 Å². The molecule has 0 saturated heterocycles. The monoisotopic (exact) mass is 306 g/mol. The number of aliphatic hydroxyl groups excluding tert-OH is 1. The van der Waals surface area contributed by atoms with Gasteiger partial charge in [-0.2, -0.15) is 0 Å². The van der Waals surface area contributed by atoms with Crippen molar-refractivity contribution in [3.8, 4) is 0 Å². The van der Waals surface area contributed by atoms with Crippen LogP contribution in [0.15, 0.2) is 42.5 Å². The third-order valence-corrected chi connectivity index (χ3v) is 3.83. The van der Waals surface area contributed by atoms with E-state index >= 15 is 0 Å². The Balaban J connectivity index is 2.28. The van der Waals surface area contributed by atoms with Crippen LogP contribution in [-0.2, 0) is 11.8 Å². The summed E-state index contributed by atoms with van der Waals surface area (Å²) in [6.45, 7) is 6.36. The molecule has 0 amide bonds. The Labute approximate surface area is 130 Å². The van der Waals surface area contributed by atoms with Crippen molar-refractivity contribution in [2.24, 2.45) is 0 Å². The zero-order valence-electron chi connectivity index (χ0n) is 12.5. The van der Waals surface area contributed by atoms with E-state index in [1.807, 2.05) is 24.3 Å². The fraction of sp³-hybridized carbons (Fsp3) is 0.333. The molecule has 0 spiro atoms. The van der Waals surface area contributed by atoms with Gasteiger partial charge in [-0.15, -0.1) is 0 Å². The van der Waals surface area contributed by atoms with Crippen molar-refractivity contribution in [1.82, 2.24) is 0 Å². The van der Waals surface area contributed by atoms with Crippen molar-refractivity contribution in [1.29, 1.82) is 0 Å². The number of benzene rings is 2. The normalized spacial score (nSPS) is 13.2. The average molecular weight is 307 g/mol. The summed E-state index contributed by atoms with van der Waals surface area (Å²) in [4.78, 5) is 0. The zero-order chi connectivity index (χ0) is 15.6. The molecule has 0 aromatic heterocycles. The van der Waals surface area contributed by atoms with Crippen LogP contribution in [-0.4, -0.2) is 5.11 Å². The van der Waals surface area contributed by atoms with Crippen LogP contribution in [0.5, 0.6) is 0 Å². The highest BCUT2D eigenvalue weighted by Crippen LogP contribution is 2.31. The lowest BCUT2D eigenvalue weighted by molar-refractivity contribution is 0.176. The second-order valence-electron chi connectivity index (χ2n) is 6.31. The Morgan fingerprint density at radius 3 is 2.43 bits per heavy atom. The molecule has 2 rings (SSSR count). The molecule has 21 heavy (non-hydrogen) atoms. The highest BCUT2D eigenvalue weighted by atomic mass is 35.5. The lowest BCUT2D eigenvalue weighted by atomic mass is 9.81. The van der Waals surface area contributed by atoms with Gasteiger partial charge in [0.1, 0.15) is 5.82 Å². The number of rotatable bonds is 3. The number of hydrogen-bond acceptors (Lipinski definition) is 1. The standard InChI is InChI=1S/C18H20ClFO/c1-18(2,3)14-7-5-4-6-13(14)17(21)11-12-8-9-16(20)15(19)10-12/h4-10,17,21H,11H2,1-3H3. The first-order valence-electron chi connectivity index (χ1n) is 7.00. The minimum absolute atomic E-state index is 0.0436. The number of hydrogen-bond donors (Lipinski definition) is 1. The fourth-order valence-electron chi connectivity index (χ4n) is 2.47. The highest BCUT2D eigenvalue weighted by molar-refractivity contribution is 6.30. The van der Waals surface area contributed by atoms with E-state index in [0.717, 1.165) is 16.7 Å². The first-order chi connectivity index (χ1) is 9.79.